The smallest absolute Gasteiger partial charge is 0.244 e. The summed E-state index contributed by atoms with van der Waals surface area (Å²) < 4.78 is 27.6. The van der Waals surface area contributed by atoms with Gasteiger partial charge >= 0.3 is 0 Å². The number of nitrogens with zero attached hydrogens (tertiary/aromatic N) is 2. The lowest BCUT2D eigenvalue weighted by Crippen LogP contribution is -2.36. The predicted octanol–water partition coefficient (Wildman–Crippen LogP) is 0.409. The molecule has 2 rings (SSSR count). The first-order valence-electron chi connectivity index (χ1n) is 5.50. The largest absolute Gasteiger partial charge is 0.383 e. The number of likely N-dealkylation sites (tertiary alicyclic amines) is 1. The first-order valence-corrected chi connectivity index (χ1v) is 7.78. The molecule has 18 heavy (non-hydrogen) atoms. The second-order valence-electron chi connectivity index (χ2n) is 4.41. The van der Waals surface area contributed by atoms with E-state index in [1.54, 1.807) is 0 Å². The summed E-state index contributed by atoms with van der Waals surface area (Å²) in [6, 6.07) is 1.39. The molecule has 0 spiro atoms. The summed E-state index contributed by atoms with van der Waals surface area (Å²) in [5.41, 5.74) is 5.62. The molecule has 6 nitrogen and oxygen atoms in total. The van der Waals surface area contributed by atoms with E-state index in [1.165, 1.54) is 12.3 Å². The van der Waals surface area contributed by atoms with E-state index >= 15 is 0 Å². The molecule has 8 heteroatoms. The second kappa shape index (κ2) is 5.12. The lowest BCUT2D eigenvalue weighted by Gasteiger charge is -2.14. The molecule has 3 N–H and O–H groups in total. The first-order chi connectivity index (χ1) is 8.38. The molecule has 100 valence electrons. The molecule has 1 fully saturated rings. The topological polar surface area (TPSA) is 88.3 Å². The van der Waals surface area contributed by atoms with Gasteiger partial charge in [-0.25, -0.2) is 18.1 Å². The fourth-order valence-corrected chi connectivity index (χ4v) is 3.81. The van der Waals surface area contributed by atoms with Crippen molar-refractivity contribution in [2.45, 2.75) is 17.4 Å². The quantitative estimate of drug-likeness (QED) is 0.835. The minimum Gasteiger partial charge on any atom is -0.383 e. The molecule has 1 aliphatic heterocycles. The van der Waals surface area contributed by atoms with Gasteiger partial charge in [-0.1, -0.05) is 0 Å². The van der Waals surface area contributed by atoms with Gasteiger partial charge in [0.15, 0.2) is 0 Å². The maximum atomic E-state index is 12.2. The van der Waals surface area contributed by atoms with Gasteiger partial charge in [0.2, 0.25) is 10.0 Å². The van der Waals surface area contributed by atoms with Crippen molar-refractivity contribution in [2.24, 2.45) is 0 Å². The van der Waals surface area contributed by atoms with Crippen LogP contribution in [0.25, 0.3) is 0 Å². The highest BCUT2D eigenvalue weighted by atomic mass is 79.9. The van der Waals surface area contributed by atoms with E-state index < -0.39 is 10.0 Å². The Morgan fingerprint density at radius 3 is 2.94 bits per heavy atom. The molecule has 1 saturated heterocycles. The fourth-order valence-electron chi connectivity index (χ4n) is 1.96. The van der Waals surface area contributed by atoms with Crippen molar-refractivity contribution in [3.63, 3.8) is 0 Å². The Kier molecular flexibility index (Phi) is 3.90. The Morgan fingerprint density at radius 1 is 1.61 bits per heavy atom. The summed E-state index contributed by atoms with van der Waals surface area (Å²) in [7, 11) is -1.65. The van der Waals surface area contributed by atoms with Crippen LogP contribution >= 0.6 is 15.9 Å². The van der Waals surface area contributed by atoms with E-state index in [1.807, 2.05) is 7.05 Å². The first kappa shape index (κ1) is 13.7. The zero-order valence-corrected chi connectivity index (χ0v) is 12.3. The van der Waals surface area contributed by atoms with Gasteiger partial charge in [0.25, 0.3) is 0 Å². The van der Waals surface area contributed by atoms with Crippen molar-refractivity contribution in [3.05, 3.63) is 16.7 Å². The highest BCUT2D eigenvalue weighted by molar-refractivity contribution is 9.10. The van der Waals surface area contributed by atoms with E-state index in [0.717, 1.165) is 13.0 Å². The normalized spacial score (nSPS) is 21.3. The molecule has 0 aromatic carbocycles. The van der Waals surface area contributed by atoms with Crippen LogP contribution in [0.2, 0.25) is 0 Å². The summed E-state index contributed by atoms with van der Waals surface area (Å²) in [5.74, 6) is 0.0112. The average Bonchev–Trinajstić information content (AvgIpc) is 2.66. The Hall–Kier alpha value is -0.700. The van der Waals surface area contributed by atoms with Crippen molar-refractivity contribution in [2.75, 3.05) is 25.9 Å². The highest BCUT2D eigenvalue weighted by Gasteiger charge is 2.27. The summed E-state index contributed by atoms with van der Waals surface area (Å²) in [6.45, 7) is 1.60. The molecule has 0 aliphatic carbocycles. The summed E-state index contributed by atoms with van der Waals surface area (Å²) in [6.07, 6.45) is 2.27. The predicted molar refractivity (Wildman–Crippen MR) is 72.6 cm³/mol. The SMILES string of the molecule is CN1CC[C@H](NS(=O)(=O)c2cc(Br)cnc2N)C1. The Balaban J connectivity index is 2.23. The lowest BCUT2D eigenvalue weighted by atomic mass is 10.3. The summed E-state index contributed by atoms with van der Waals surface area (Å²) in [4.78, 5) is 5.93. The van der Waals surface area contributed by atoms with Crippen LogP contribution in [0.15, 0.2) is 21.6 Å². The van der Waals surface area contributed by atoms with Crippen LogP contribution in [0.4, 0.5) is 5.82 Å². The molecule has 1 aromatic heterocycles. The van der Waals surface area contributed by atoms with E-state index in [9.17, 15) is 8.42 Å². The van der Waals surface area contributed by atoms with Crippen LogP contribution in [0, 0.1) is 0 Å². The molecule has 1 aliphatic rings. The van der Waals surface area contributed by atoms with Crippen molar-refractivity contribution in [3.8, 4) is 0 Å². The number of nitrogens with two attached hydrogens (primary N) is 1. The number of likely N-dealkylation sites (N-methyl/N-ethyl adjacent to an activating group) is 1. The molecule has 0 radical (unpaired) electrons. The molecular formula is C10H15BrN4O2S. The van der Waals surface area contributed by atoms with Gasteiger partial charge in [-0.15, -0.1) is 0 Å². The average molecular weight is 335 g/mol. The number of hydrogen-bond acceptors (Lipinski definition) is 5. The van der Waals surface area contributed by atoms with Crippen molar-refractivity contribution >= 4 is 31.8 Å². The second-order valence-corrected chi connectivity index (χ2v) is 7.00. The van der Waals surface area contributed by atoms with Crippen molar-refractivity contribution in [1.29, 1.82) is 0 Å². The van der Waals surface area contributed by atoms with Gasteiger partial charge in [-0.3, -0.25) is 0 Å². The zero-order valence-electron chi connectivity index (χ0n) is 9.93. The minimum absolute atomic E-state index is 0.0112. The summed E-state index contributed by atoms with van der Waals surface area (Å²) >= 11 is 3.19. The molecule has 0 unspecified atom stereocenters. The van der Waals surface area contributed by atoms with E-state index in [-0.39, 0.29) is 16.8 Å². The van der Waals surface area contributed by atoms with Crippen LogP contribution in [-0.4, -0.2) is 44.5 Å². The maximum absolute atomic E-state index is 12.2. The number of halogens is 1. The number of pyridine rings is 1. The van der Waals surface area contributed by atoms with Crippen LogP contribution in [-0.2, 0) is 10.0 Å². The third kappa shape index (κ3) is 3.00. The van der Waals surface area contributed by atoms with Crippen LogP contribution in [0.3, 0.4) is 0 Å². The van der Waals surface area contributed by atoms with E-state index in [2.05, 4.69) is 30.5 Å². The van der Waals surface area contributed by atoms with Crippen LogP contribution < -0.4 is 10.5 Å². The molecule has 1 atom stereocenters. The van der Waals surface area contributed by atoms with E-state index in [4.69, 9.17) is 5.73 Å². The fraction of sp³-hybridized carbons (Fsp3) is 0.500. The third-order valence-electron chi connectivity index (χ3n) is 2.85. The monoisotopic (exact) mass is 334 g/mol. The number of rotatable bonds is 3. The number of sulfonamides is 1. The number of anilines is 1. The Morgan fingerprint density at radius 2 is 2.33 bits per heavy atom. The molecule has 0 bridgehead atoms. The summed E-state index contributed by atoms with van der Waals surface area (Å²) in [5, 5.41) is 0. The van der Waals surface area contributed by atoms with Gasteiger partial charge < -0.3 is 10.6 Å². The van der Waals surface area contributed by atoms with Crippen molar-refractivity contribution in [1.82, 2.24) is 14.6 Å². The molecule has 0 amide bonds. The van der Waals surface area contributed by atoms with Gasteiger partial charge in [-0.05, 0) is 42.0 Å². The Labute approximate surface area is 115 Å². The van der Waals surface area contributed by atoms with Crippen molar-refractivity contribution < 1.29 is 8.42 Å². The standard InChI is InChI=1S/C10H15BrN4O2S/c1-15-3-2-8(6-15)14-18(16,17)9-4-7(11)5-13-10(9)12/h4-5,8,14H,2-3,6H2,1H3,(H2,12,13)/t8-/m0/s1. The maximum Gasteiger partial charge on any atom is 0.244 e. The third-order valence-corrected chi connectivity index (χ3v) is 4.83. The number of hydrogen-bond donors (Lipinski definition) is 2. The van der Waals surface area contributed by atoms with Gasteiger partial charge in [-0.2, -0.15) is 0 Å². The highest BCUT2D eigenvalue weighted by Crippen LogP contribution is 2.21. The van der Waals surface area contributed by atoms with Gasteiger partial charge in [0.1, 0.15) is 10.7 Å². The van der Waals surface area contributed by atoms with E-state index in [0.29, 0.717) is 11.0 Å². The minimum atomic E-state index is -3.61. The molecule has 0 saturated carbocycles. The molecular weight excluding hydrogens is 320 g/mol. The van der Waals surface area contributed by atoms with Crippen LogP contribution in [0.1, 0.15) is 6.42 Å². The number of nitrogens with one attached hydrogen (secondary N) is 1. The zero-order chi connectivity index (χ0) is 13.3. The van der Waals surface area contributed by atoms with Gasteiger partial charge in [0.05, 0.1) is 0 Å². The lowest BCUT2D eigenvalue weighted by molar-refractivity contribution is 0.407. The number of nitrogen functional groups attached to an aromatic ring is 1. The molecule has 1 aromatic rings. The Bertz CT molecular complexity index is 549. The number of aromatic nitrogens is 1. The van der Waals surface area contributed by atoms with Gasteiger partial charge in [0, 0.05) is 23.3 Å². The van der Waals surface area contributed by atoms with Crippen LogP contribution in [0.5, 0.6) is 0 Å². The molecule has 2 heterocycles.